The van der Waals surface area contributed by atoms with Crippen molar-refractivity contribution in [2.45, 2.75) is 18.7 Å². The van der Waals surface area contributed by atoms with Crippen LogP contribution in [-0.4, -0.2) is 39.5 Å². The summed E-state index contributed by atoms with van der Waals surface area (Å²) in [4.78, 5) is 0.243. The molecule has 0 saturated carbocycles. The molecule has 0 amide bonds. The molecule has 0 aliphatic carbocycles. The number of hydrogen-bond acceptors (Lipinski definition) is 4. The summed E-state index contributed by atoms with van der Waals surface area (Å²) < 4.78 is 31.7. The normalized spacial score (nSPS) is 11.8. The summed E-state index contributed by atoms with van der Waals surface area (Å²) in [7, 11) is -2.07. The van der Waals surface area contributed by atoms with Crippen LogP contribution in [0.2, 0.25) is 0 Å². The van der Waals surface area contributed by atoms with Gasteiger partial charge in [0.2, 0.25) is 10.0 Å². The second-order valence-corrected chi connectivity index (χ2v) is 6.53. The first kappa shape index (κ1) is 16.7. The van der Waals surface area contributed by atoms with Gasteiger partial charge in [-0.3, -0.25) is 0 Å². The van der Waals surface area contributed by atoms with E-state index >= 15 is 0 Å². The topological polar surface area (TPSA) is 72.6 Å². The number of anilines is 1. The molecule has 0 bridgehead atoms. The van der Waals surface area contributed by atoms with Crippen molar-refractivity contribution in [3.8, 4) is 0 Å². The summed E-state index contributed by atoms with van der Waals surface area (Å²) in [6, 6.07) is 3.41. The Kier molecular flexibility index (Phi) is 5.74. The summed E-state index contributed by atoms with van der Waals surface area (Å²) in [5, 5.41) is 0. The van der Waals surface area contributed by atoms with E-state index in [2.05, 4.69) is 6.58 Å². The van der Waals surface area contributed by atoms with Gasteiger partial charge in [0.05, 0.1) is 11.5 Å². The maximum absolute atomic E-state index is 12.7. The predicted octanol–water partition coefficient (Wildman–Crippen LogP) is 1.71. The average Bonchev–Trinajstić information content (AvgIpc) is 2.38. The second-order valence-electron chi connectivity index (χ2n) is 4.62. The molecular formula is C14H22N2O3S. The Balaban J connectivity index is 3.28. The lowest BCUT2D eigenvalue weighted by atomic mass is 10.1. The van der Waals surface area contributed by atoms with Crippen LogP contribution in [0.3, 0.4) is 0 Å². The molecule has 0 heterocycles. The molecule has 1 aromatic rings. The van der Waals surface area contributed by atoms with Crippen LogP contribution in [0.4, 0.5) is 5.69 Å². The number of ether oxygens (including phenoxy) is 1. The number of benzene rings is 1. The zero-order valence-electron chi connectivity index (χ0n) is 12.2. The molecule has 0 spiro atoms. The number of nitrogens with two attached hydrogens (primary N) is 1. The smallest absolute Gasteiger partial charge is 0.243 e. The van der Waals surface area contributed by atoms with Crippen molar-refractivity contribution in [1.29, 1.82) is 0 Å². The van der Waals surface area contributed by atoms with Crippen LogP contribution in [0.5, 0.6) is 0 Å². The van der Waals surface area contributed by atoms with Crippen LogP contribution in [-0.2, 0) is 14.8 Å². The lowest BCUT2D eigenvalue weighted by Gasteiger charge is -2.22. The second kappa shape index (κ2) is 6.88. The molecule has 0 saturated heterocycles. The van der Waals surface area contributed by atoms with E-state index in [1.807, 2.05) is 6.92 Å². The number of nitrogens with zero attached hydrogens (tertiary/aromatic N) is 1. The summed E-state index contributed by atoms with van der Waals surface area (Å²) in [6.45, 7) is 7.97. The minimum Gasteiger partial charge on any atom is -0.398 e. The Morgan fingerprint density at radius 3 is 2.60 bits per heavy atom. The van der Waals surface area contributed by atoms with E-state index in [-0.39, 0.29) is 18.0 Å². The van der Waals surface area contributed by atoms with E-state index in [0.29, 0.717) is 17.9 Å². The van der Waals surface area contributed by atoms with Gasteiger partial charge in [0, 0.05) is 25.9 Å². The number of sulfonamides is 1. The van der Waals surface area contributed by atoms with Gasteiger partial charge in [-0.1, -0.05) is 6.08 Å². The van der Waals surface area contributed by atoms with Gasteiger partial charge in [0.1, 0.15) is 0 Å². The van der Waals surface area contributed by atoms with E-state index < -0.39 is 10.0 Å². The van der Waals surface area contributed by atoms with Crippen molar-refractivity contribution < 1.29 is 13.2 Å². The number of nitrogen functional groups attached to an aromatic ring is 1. The van der Waals surface area contributed by atoms with E-state index in [4.69, 9.17) is 10.5 Å². The molecule has 5 nitrogen and oxygen atoms in total. The maximum atomic E-state index is 12.7. The van der Waals surface area contributed by atoms with Gasteiger partial charge in [-0.2, -0.15) is 4.31 Å². The van der Waals surface area contributed by atoms with Crippen molar-refractivity contribution in [2.24, 2.45) is 0 Å². The van der Waals surface area contributed by atoms with E-state index in [1.165, 1.54) is 11.4 Å². The molecule has 6 heteroatoms. The quantitative estimate of drug-likeness (QED) is 0.614. The minimum atomic E-state index is -3.61. The lowest BCUT2D eigenvalue weighted by molar-refractivity contribution is 0.182. The molecule has 0 fully saturated rings. The van der Waals surface area contributed by atoms with Crippen LogP contribution in [0.1, 0.15) is 11.1 Å². The summed E-state index contributed by atoms with van der Waals surface area (Å²) in [5.74, 6) is 0. The third-order valence-corrected chi connectivity index (χ3v) is 5.03. The lowest BCUT2D eigenvalue weighted by Crippen LogP contribution is -2.34. The van der Waals surface area contributed by atoms with Crippen molar-refractivity contribution in [2.75, 3.05) is 32.5 Å². The molecule has 0 aliphatic rings. The number of rotatable bonds is 7. The summed E-state index contributed by atoms with van der Waals surface area (Å²) in [6.07, 6.45) is 1.56. The van der Waals surface area contributed by atoms with Crippen LogP contribution in [0.25, 0.3) is 0 Å². The Morgan fingerprint density at radius 2 is 2.05 bits per heavy atom. The standard InChI is InChI=1S/C14H22N2O3S/c1-5-6-16(7-8-19-4)20(17,18)14-10-11(2)9-13(15)12(14)3/h5,9-10H,1,6-8,15H2,2-4H3. The van der Waals surface area contributed by atoms with Crippen molar-refractivity contribution >= 4 is 15.7 Å². The number of aryl methyl sites for hydroxylation is 1. The Labute approximate surface area is 121 Å². The van der Waals surface area contributed by atoms with Crippen molar-refractivity contribution in [3.63, 3.8) is 0 Å². The van der Waals surface area contributed by atoms with Gasteiger partial charge in [-0.25, -0.2) is 8.42 Å². The van der Waals surface area contributed by atoms with Crippen LogP contribution >= 0.6 is 0 Å². The molecule has 0 radical (unpaired) electrons. The zero-order valence-corrected chi connectivity index (χ0v) is 13.0. The van der Waals surface area contributed by atoms with E-state index in [1.54, 1.807) is 25.1 Å². The third-order valence-electron chi connectivity index (χ3n) is 3.04. The minimum absolute atomic E-state index is 0.235. The van der Waals surface area contributed by atoms with E-state index in [9.17, 15) is 8.42 Å². The fourth-order valence-electron chi connectivity index (χ4n) is 1.91. The van der Waals surface area contributed by atoms with Crippen LogP contribution in [0.15, 0.2) is 29.7 Å². The largest absolute Gasteiger partial charge is 0.398 e. The molecule has 1 rings (SSSR count). The highest BCUT2D eigenvalue weighted by Crippen LogP contribution is 2.25. The molecular weight excluding hydrogens is 276 g/mol. The molecule has 20 heavy (non-hydrogen) atoms. The highest BCUT2D eigenvalue weighted by molar-refractivity contribution is 7.89. The first-order valence-corrected chi connectivity index (χ1v) is 7.75. The van der Waals surface area contributed by atoms with Gasteiger partial charge in [-0.15, -0.1) is 6.58 Å². The molecule has 0 unspecified atom stereocenters. The van der Waals surface area contributed by atoms with Gasteiger partial charge in [0.15, 0.2) is 0 Å². The highest BCUT2D eigenvalue weighted by atomic mass is 32.2. The molecule has 0 atom stereocenters. The number of hydrogen-bond donors (Lipinski definition) is 1. The zero-order chi connectivity index (χ0) is 15.3. The SMILES string of the molecule is C=CCN(CCOC)S(=O)(=O)c1cc(C)cc(N)c1C. The van der Waals surface area contributed by atoms with Crippen LogP contribution < -0.4 is 5.73 Å². The fourth-order valence-corrected chi connectivity index (χ4v) is 3.64. The molecule has 0 aliphatic heterocycles. The van der Waals surface area contributed by atoms with Gasteiger partial charge >= 0.3 is 0 Å². The molecule has 0 aromatic heterocycles. The van der Waals surface area contributed by atoms with Gasteiger partial charge in [-0.05, 0) is 37.1 Å². The molecule has 2 N–H and O–H groups in total. The van der Waals surface area contributed by atoms with Gasteiger partial charge < -0.3 is 10.5 Å². The highest BCUT2D eigenvalue weighted by Gasteiger charge is 2.26. The Bertz CT molecular complexity index is 582. The number of methoxy groups -OCH3 is 1. The monoisotopic (exact) mass is 298 g/mol. The first-order valence-electron chi connectivity index (χ1n) is 6.31. The predicted molar refractivity (Wildman–Crippen MR) is 81.2 cm³/mol. The maximum Gasteiger partial charge on any atom is 0.243 e. The van der Waals surface area contributed by atoms with Crippen LogP contribution in [0, 0.1) is 13.8 Å². The van der Waals surface area contributed by atoms with Gasteiger partial charge in [0.25, 0.3) is 0 Å². The first-order chi connectivity index (χ1) is 9.34. The third kappa shape index (κ3) is 3.59. The average molecular weight is 298 g/mol. The molecule has 1 aromatic carbocycles. The van der Waals surface area contributed by atoms with Crippen molar-refractivity contribution in [1.82, 2.24) is 4.31 Å². The Morgan fingerprint density at radius 1 is 1.40 bits per heavy atom. The summed E-state index contributed by atoms with van der Waals surface area (Å²) >= 11 is 0. The summed E-state index contributed by atoms with van der Waals surface area (Å²) in [5.41, 5.74) is 7.73. The fraction of sp³-hybridized carbons (Fsp3) is 0.429. The Hall–Kier alpha value is -1.37. The van der Waals surface area contributed by atoms with E-state index in [0.717, 1.165) is 5.56 Å². The molecule has 112 valence electrons. The van der Waals surface area contributed by atoms with Crippen molar-refractivity contribution in [3.05, 3.63) is 35.9 Å².